The van der Waals surface area contributed by atoms with Gasteiger partial charge in [-0.1, -0.05) is 0 Å². The molecule has 5 N–H and O–H groups in total. The van der Waals surface area contributed by atoms with Crippen LogP contribution < -0.4 is 21.4 Å². The molecule has 0 radical (unpaired) electrons. The molecule has 2 rings (SSSR count). The lowest BCUT2D eigenvalue weighted by molar-refractivity contribution is -0.138. The van der Waals surface area contributed by atoms with Gasteiger partial charge < -0.3 is 20.9 Å². The SMILES string of the molecule is CC1NC(=O)C(CC(=O)NO)NC(=O)C2CN2C(=O)C(C)NC1=O. The second-order valence-corrected chi connectivity index (χ2v) is 5.77. The summed E-state index contributed by atoms with van der Waals surface area (Å²) in [5.41, 5.74) is 1.37. The Labute approximate surface area is 137 Å². The van der Waals surface area contributed by atoms with Gasteiger partial charge in [0.1, 0.15) is 24.2 Å². The highest BCUT2D eigenvalue weighted by molar-refractivity contribution is 6.00. The molecule has 11 nitrogen and oxygen atoms in total. The molecule has 0 bridgehead atoms. The number of carbonyl (C=O) groups is 5. The minimum Gasteiger partial charge on any atom is -0.343 e. The highest BCUT2D eigenvalue weighted by atomic mass is 16.5. The Hall–Kier alpha value is -2.69. The van der Waals surface area contributed by atoms with Crippen LogP contribution in [0.1, 0.15) is 20.3 Å². The molecule has 2 heterocycles. The molecule has 132 valence electrons. The molecular weight excluding hydrogens is 322 g/mol. The number of fused-ring (bicyclic) bond motifs is 1. The number of rotatable bonds is 2. The maximum absolute atomic E-state index is 12.2. The van der Waals surface area contributed by atoms with E-state index >= 15 is 0 Å². The van der Waals surface area contributed by atoms with Crippen LogP contribution in [0.3, 0.4) is 0 Å². The number of nitrogens with one attached hydrogen (secondary N) is 4. The normalized spacial score (nSPS) is 30.9. The Kier molecular flexibility index (Phi) is 5.02. The average molecular weight is 341 g/mol. The Morgan fingerprint density at radius 3 is 2.33 bits per heavy atom. The van der Waals surface area contributed by atoms with Crippen LogP contribution in [-0.2, 0) is 24.0 Å². The van der Waals surface area contributed by atoms with Crippen LogP contribution in [0.25, 0.3) is 0 Å². The Balaban J connectivity index is 2.21. The topological polar surface area (TPSA) is 157 Å². The first-order chi connectivity index (χ1) is 11.2. The highest BCUT2D eigenvalue weighted by Crippen LogP contribution is 2.19. The summed E-state index contributed by atoms with van der Waals surface area (Å²) in [4.78, 5) is 61.0. The summed E-state index contributed by atoms with van der Waals surface area (Å²) in [6, 6.07) is -3.84. The first-order valence-electron chi connectivity index (χ1n) is 7.39. The number of nitrogens with zero attached hydrogens (tertiary/aromatic N) is 1. The summed E-state index contributed by atoms with van der Waals surface area (Å²) >= 11 is 0. The van der Waals surface area contributed by atoms with E-state index in [2.05, 4.69) is 16.0 Å². The summed E-state index contributed by atoms with van der Waals surface area (Å²) in [7, 11) is 0. The van der Waals surface area contributed by atoms with E-state index < -0.39 is 60.1 Å². The Morgan fingerprint density at radius 2 is 1.71 bits per heavy atom. The lowest BCUT2D eigenvalue weighted by Crippen LogP contribution is -2.57. The van der Waals surface area contributed by atoms with Crippen LogP contribution in [0.4, 0.5) is 0 Å². The second kappa shape index (κ2) is 6.83. The van der Waals surface area contributed by atoms with Crippen LogP contribution in [0.2, 0.25) is 0 Å². The summed E-state index contributed by atoms with van der Waals surface area (Å²) in [6.07, 6.45) is -0.514. The third-order valence-electron chi connectivity index (χ3n) is 3.83. The number of hydrogen-bond acceptors (Lipinski definition) is 6. The van der Waals surface area contributed by atoms with Crippen molar-refractivity contribution in [3.63, 3.8) is 0 Å². The zero-order chi connectivity index (χ0) is 18.0. The fourth-order valence-corrected chi connectivity index (χ4v) is 2.34. The minimum atomic E-state index is -1.28. The lowest BCUT2D eigenvalue weighted by atomic mass is 10.1. The number of hydroxylamine groups is 1. The standard InChI is InChI=1S/C13H19N5O6/c1-5-10(20)15-6(2)13(23)18-4-8(18)12(22)16-7(11(21)14-5)3-9(19)17-24/h5-8,24H,3-4H2,1-2H3,(H,14,21)(H,15,20)(H,16,22)(H,17,19). The van der Waals surface area contributed by atoms with Gasteiger partial charge in [0.15, 0.2) is 0 Å². The van der Waals surface area contributed by atoms with Crippen molar-refractivity contribution < 1.29 is 29.2 Å². The van der Waals surface area contributed by atoms with Gasteiger partial charge in [-0.3, -0.25) is 29.2 Å². The van der Waals surface area contributed by atoms with E-state index in [1.165, 1.54) is 24.2 Å². The van der Waals surface area contributed by atoms with Crippen LogP contribution in [-0.4, -0.2) is 70.4 Å². The maximum atomic E-state index is 12.2. The first-order valence-corrected chi connectivity index (χ1v) is 7.39. The van der Waals surface area contributed by atoms with E-state index in [1.54, 1.807) is 0 Å². The molecular formula is C13H19N5O6. The van der Waals surface area contributed by atoms with Crippen molar-refractivity contribution in [2.45, 2.75) is 44.4 Å². The van der Waals surface area contributed by atoms with Crippen molar-refractivity contribution in [2.24, 2.45) is 0 Å². The van der Waals surface area contributed by atoms with E-state index in [0.717, 1.165) is 0 Å². The van der Waals surface area contributed by atoms with Gasteiger partial charge >= 0.3 is 0 Å². The number of hydrogen-bond donors (Lipinski definition) is 5. The molecule has 0 aliphatic carbocycles. The zero-order valence-electron chi connectivity index (χ0n) is 13.2. The molecule has 24 heavy (non-hydrogen) atoms. The molecule has 5 amide bonds. The van der Waals surface area contributed by atoms with Gasteiger partial charge in [-0.25, -0.2) is 5.48 Å². The second-order valence-electron chi connectivity index (χ2n) is 5.77. The van der Waals surface area contributed by atoms with Crippen LogP contribution in [0.5, 0.6) is 0 Å². The first kappa shape index (κ1) is 17.7. The molecule has 2 aliphatic heterocycles. The predicted molar refractivity (Wildman–Crippen MR) is 77.2 cm³/mol. The number of amides is 5. The maximum Gasteiger partial charge on any atom is 0.245 e. The highest BCUT2D eigenvalue weighted by Gasteiger charge is 2.47. The van der Waals surface area contributed by atoms with Crippen molar-refractivity contribution in [3.8, 4) is 0 Å². The molecule has 2 saturated heterocycles. The smallest absolute Gasteiger partial charge is 0.245 e. The van der Waals surface area contributed by atoms with Crippen LogP contribution in [0, 0.1) is 0 Å². The van der Waals surface area contributed by atoms with E-state index in [1.807, 2.05) is 0 Å². The van der Waals surface area contributed by atoms with Gasteiger partial charge in [0.25, 0.3) is 0 Å². The van der Waals surface area contributed by atoms with E-state index in [4.69, 9.17) is 5.21 Å². The third kappa shape index (κ3) is 3.79. The molecule has 0 aromatic rings. The van der Waals surface area contributed by atoms with E-state index in [-0.39, 0.29) is 6.54 Å². The fraction of sp³-hybridized carbons (Fsp3) is 0.615. The molecule has 0 aromatic carbocycles. The Bertz CT molecular complexity index is 593. The quantitative estimate of drug-likeness (QED) is 0.200. The van der Waals surface area contributed by atoms with Crippen molar-refractivity contribution in [3.05, 3.63) is 0 Å². The van der Waals surface area contributed by atoms with Gasteiger partial charge in [-0.15, -0.1) is 0 Å². The molecule has 4 unspecified atom stereocenters. The summed E-state index contributed by atoms with van der Waals surface area (Å²) in [5, 5.41) is 15.8. The van der Waals surface area contributed by atoms with Crippen molar-refractivity contribution in [2.75, 3.05) is 6.54 Å². The molecule has 0 spiro atoms. The molecule has 2 aliphatic rings. The van der Waals surface area contributed by atoms with Gasteiger partial charge in [-0.2, -0.15) is 0 Å². The molecule has 4 atom stereocenters. The average Bonchev–Trinajstić information content (AvgIpc) is 3.32. The molecule has 11 heteroatoms. The number of carbonyl (C=O) groups excluding carboxylic acids is 5. The molecule has 0 saturated carbocycles. The molecule has 2 fully saturated rings. The van der Waals surface area contributed by atoms with Crippen molar-refractivity contribution >= 4 is 29.5 Å². The lowest BCUT2D eigenvalue weighted by Gasteiger charge is -2.23. The summed E-state index contributed by atoms with van der Waals surface area (Å²) < 4.78 is 0. The Morgan fingerprint density at radius 1 is 1.08 bits per heavy atom. The summed E-state index contributed by atoms with van der Waals surface area (Å²) in [6.45, 7) is 3.06. The van der Waals surface area contributed by atoms with Crippen molar-refractivity contribution in [1.29, 1.82) is 0 Å². The fourth-order valence-electron chi connectivity index (χ4n) is 2.34. The van der Waals surface area contributed by atoms with E-state index in [0.29, 0.717) is 0 Å². The largest absolute Gasteiger partial charge is 0.343 e. The van der Waals surface area contributed by atoms with Gasteiger partial charge in [0.05, 0.1) is 13.0 Å². The van der Waals surface area contributed by atoms with Crippen molar-refractivity contribution in [1.82, 2.24) is 26.3 Å². The van der Waals surface area contributed by atoms with E-state index in [9.17, 15) is 24.0 Å². The van der Waals surface area contributed by atoms with Gasteiger partial charge in [-0.05, 0) is 13.8 Å². The summed E-state index contributed by atoms with van der Waals surface area (Å²) in [5.74, 6) is -3.19. The minimum absolute atomic E-state index is 0.168. The van der Waals surface area contributed by atoms with Gasteiger partial charge in [0.2, 0.25) is 29.5 Å². The van der Waals surface area contributed by atoms with Crippen LogP contribution in [0.15, 0.2) is 0 Å². The monoisotopic (exact) mass is 341 g/mol. The van der Waals surface area contributed by atoms with Crippen LogP contribution >= 0.6 is 0 Å². The van der Waals surface area contributed by atoms with Gasteiger partial charge in [0, 0.05) is 0 Å². The predicted octanol–water partition coefficient (Wildman–Crippen LogP) is -3.40. The molecule has 0 aromatic heterocycles. The third-order valence-corrected chi connectivity index (χ3v) is 3.83. The zero-order valence-corrected chi connectivity index (χ0v) is 13.2.